The summed E-state index contributed by atoms with van der Waals surface area (Å²) in [5.74, 6) is -13.6. The normalized spacial score (nSPS) is 15.7. The van der Waals surface area contributed by atoms with Crippen LogP contribution in [0.4, 0.5) is 0 Å². The Bertz CT molecular complexity index is 2580. The number of carboxylic acids is 3. The summed E-state index contributed by atoms with van der Waals surface area (Å²) in [4.78, 5) is 172. The molecule has 1 saturated heterocycles. The third-order valence-electron chi connectivity index (χ3n) is 13.3. The number of unbranched alkanes of at least 4 members (excludes halogenated alkanes) is 1. The molecule has 2 aromatic rings. The van der Waals surface area contributed by atoms with Gasteiger partial charge in [0.1, 0.15) is 48.3 Å². The van der Waals surface area contributed by atoms with Crippen molar-refractivity contribution < 1.29 is 82.8 Å². The molecule has 9 atom stereocenters. The molecule has 1 aliphatic heterocycles. The number of aliphatic hydroxyl groups excluding tert-OH is 1. The Kier molecular flexibility index (Phi) is 29.2. The number of primary amides is 1. The number of nitrogens with zero attached hydrogens (tertiary/aromatic N) is 1. The van der Waals surface area contributed by atoms with Crippen LogP contribution >= 0.6 is 0 Å². The third kappa shape index (κ3) is 24.2. The van der Waals surface area contributed by atoms with Crippen LogP contribution in [0.1, 0.15) is 95.6 Å². The second-order valence-corrected chi connectivity index (χ2v) is 20.2. The molecule has 10 amide bonds. The largest absolute Gasteiger partial charge is 0.481 e. The first-order valence-corrected chi connectivity index (χ1v) is 27.1. The zero-order chi connectivity index (χ0) is 61.8. The fraction of sp³-hybridized carbons (Fsp3) is 0.537. The molecule has 2 aromatic carbocycles. The minimum atomic E-state index is -1.71. The number of rotatable bonds is 37. The van der Waals surface area contributed by atoms with E-state index < -0.39 is 183 Å². The van der Waals surface area contributed by atoms with Crippen LogP contribution in [0.25, 0.3) is 0 Å². The summed E-state index contributed by atoms with van der Waals surface area (Å²) in [6.07, 6.45) is -2.09. The molecule has 1 fully saturated rings. The molecule has 0 spiro atoms. The smallest absolute Gasteiger partial charge is 0.326 e. The van der Waals surface area contributed by atoms with Gasteiger partial charge < -0.3 is 85.1 Å². The van der Waals surface area contributed by atoms with E-state index in [0.717, 1.165) is 0 Å². The van der Waals surface area contributed by atoms with E-state index in [4.69, 9.17) is 22.3 Å². The van der Waals surface area contributed by atoms with Crippen molar-refractivity contribution in [2.24, 2.45) is 23.1 Å². The summed E-state index contributed by atoms with van der Waals surface area (Å²) in [7, 11) is 0. The van der Waals surface area contributed by atoms with Crippen molar-refractivity contribution in [3.8, 4) is 0 Å². The summed E-state index contributed by atoms with van der Waals surface area (Å²) < 4.78 is 0. The number of nitrogens with two attached hydrogens (primary N) is 3. The van der Waals surface area contributed by atoms with Crippen molar-refractivity contribution >= 4 is 77.0 Å². The SMILES string of the molecule is CC(C)[C@H](NC(=O)CNC(=O)[C@H](CO)NC(=O)[C@H](CCC(N)=O)NC(=O)[C@@H]1CCCN1C(=O)[C@H](Cc1ccccc1)NC(=O)[C@H](Cc1ccccc1)NC(=O)[C@H](CCCCN)NC(=O)[C@H](CCC(=O)O)NC(=O)[C@@H](N)CCC(=O)O)C(=O)O. The number of carboxylic acid groups (broad SMARTS) is 3. The number of nitrogens with one attached hydrogen (secondary N) is 8. The molecule has 29 heteroatoms. The van der Waals surface area contributed by atoms with Gasteiger partial charge in [-0.2, -0.15) is 0 Å². The maximum absolute atomic E-state index is 14.9. The fourth-order valence-corrected chi connectivity index (χ4v) is 8.73. The van der Waals surface area contributed by atoms with Gasteiger partial charge in [-0.15, -0.1) is 0 Å². The van der Waals surface area contributed by atoms with E-state index in [0.29, 0.717) is 17.5 Å². The molecule has 18 N–H and O–H groups in total. The Morgan fingerprint density at radius 1 is 0.578 bits per heavy atom. The second-order valence-electron chi connectivity index (χ2n) is 20.2. The van der Waals surface area contributed by atoms with Gasteiger partial charge in [-0.05, 0) is 75.0 Å². The van der Waals surface area contributed by atoms with Crippen LogP contribution in [-0.4, -0.2) is 183 Å². The number of benzene rings is 2. The lowest BCUT2D eigenvalue weighted by molar-refractivity contribution is -0.143. The molecule has 456 valence electrons. The Balaban J connectivity index is 1.93. The van der Waals surface area contributed by atoms with Gasteiger partial charge in [-0.1, -0.05) is 74.5 Å². The van der Waals surface area contributed by atoms with Gasteiger partial charge in [0.2, 0.25) is 59.1 Å². The number of carbonyl (C=O) groups excluding carboxylic acids is 10. The number of likely N-dealkylation sites (tertiary alicyclic amines) is 1. The van der Waals surface area contributed by atoms with E-state index in [2.05, 4.69) is 42.5 Å². The van der Waals surface area contributed by atoms with E-state index in [1.165, 1.54) is 4.90 Å². The summed E-state index contributed by atoms with van der Waals surface area (Å²) >= 11 is 0. The summed E-state index contributed by atoms with van der Waals surface area (Å²) in [5.41, 5.74) is 18.1. The number of aliphatic carboxylic acids is 3. The zero-order valence-electron chi connectivity index (χ0n) is 46.3. The maximum Gasteiger partial charge on any atom is 0.326 e. The minimum Gasteiger partial charge on any atom is -0.481 e. The minimum absolute atomic E-state index is 0.0164. The predicted octanol–water partition coefficient (Wildman–Crippen LogP) is -3.84. The monoisotopic (exact) mass is 1170 g/mol. The van der Waals surface area contributed by atoms with Crippen molar-refractivity contribution in [3.05, 3.63) is 71.8 Å². The van der Waals surface area contributed by atoms with Gasteiger partial charge in [0.15, 0.2) is 0 Å². The average molecular weight is 1170 g/mol. The van der Waals surface area contributed by atoms with E-state index in [9.17, 15) is 77.6 Å². The van der Waals surface area contributed by atoms with Gasteiger partial charge in [0.25, 0.3) is 0 Å². The van der Waals surface area contributed by atoms with Crippen LogP contribution in [0.2, 0.25) is 0 Å². The van der Waals surface area contributed by atoms with E-state index >= 15 is 0 Å². The van der Waals surface area contributed by atoms with Crippen LogP contribution in [0.3, 0.4) is 0 Å². The highest BCUT2D eigenvalue weighted by Crippen LogP contribution is 2.21. The van der Waals surface area contributed by atoms with E-state index in [-0.39, 0.29) is 58.0 Å². The van der Waals surface area contributed by atoms with Crippen LogP contribution < -0.4 is 59.7 Å². The second kappa shape index (κ2) is 35.3. The molecule has 3 rings (SSSR count). The maximum atomic E-state index is 14.9. The lowest BCUT2D eigenvalue weighted by Crippen LogP contribution is -2.61. The van der Waals surface area contributed by atoms with Gasteiger partial charge in [-0.3, -0.25) is 57.5 Å². The van der Waals surface area contributed by atoms with Crippen molar-refractivity contribution in [2.75, 3.05) is 26.2 Å². The van der Waals surface area contributed by atoms with Crippen LogP contribution in [0.15, 0.2) is 60.7 Å². The highest BCUT2D eigenvalue weighted by Gasteiger charge is 2.41. The molecule has 0 saturated carbocycles. The Hall–Kier alpha value is -8.57. The van der Waals surface area contributed by atoms with Crippen LogP contribution in [-0.2, 0) is 75.2 Å². The van der Waals surface area contributed by atoms with Gasteiger partial charge in [-0.25, -0.2) is 4.79 Å². The molecular formula is C54H78N12O17. The fourth-order valence-electron chi connectivity index (χ4n) is 8.73. The first-order valence-electron chi connectivity index (χ1n) is 27.1. The highest BCUT2D eigenvalue weighted by molar-refractivity contribution is 5.99. The molecule has 0 aliphatic carbocycles. The van der Waals surface area contributed by atoms with Crippen LogP contribution in [0, 0.1) is 5.92 Å². The molecule has 0 radical (unpaired) electrons. The zero-order valence-corrected chi connectivity index (χ0v) is 46.3. The Morgan fingerprint density at radius 3 is 1.59 bits per heavy atom. The number of aliphatic hydroxyl groups is 1. The Morgan fingerprint density at radius 2 is 1.06 bits per heavy atom. The molecule has 1 aliphatic rings. The summed E-state index contributed by atoms with van der Waals surface area (Å²) in [5, 5.41) is 57.5. The quantitative estimate of drug-likeness (QED) is 0.0288. The lowest BCUT2D eigenvalue weighted by Gasteiger charge is -2.31. The Labute approximate surface area is 478 Å². The van der Waals surface area contributed by atoms with E-state index in [1.807, 2.05) is 0 Å². The number of hydrogen-bond donors (Lipinski definition) is 15. The van der Waals surface area contributed by atoms with Crippen molar-refractivity contribution in [2.45, 2.75) is 152 Å². The number of amides is 10. The summed E-state index contributed by atoms with van der Waals surface area (Å²) in [6, 6.07) is 3.81. The topological polar surface area (TPSA) is 480 Å². The molecule has 0 bridgehead atoms. The van der Waals surface area contributed by atoms with Gasteiger partial charge >= 0.3 is 17.9 Å². The highest BCUT2D eigenvalue weighted by atomic mass is 16.4. The first kappa shape index (κ1) is 68.7. The van der Waals surface area contributed by atoms with Gasteiger partial charge in [0.05, 0.1) is 19.2 Å². The molecule has 29 nitrogen and oxygen atoms in total. The first-order chi connectivity index (χ1) is 39.3. The summed E-state index contributed by atoms with van der Waals surface area (Å²) in [6.45, 7) is 1.54. The van der Waals surface area contributed by atoms with Crippen molar-refractivity contribution in [3.63, 3.8) is 0 Å². The standard InChI is InChI=1S/C54H78N12O17/c1-30(2)45(54(82)83)65-42(69)28-58-47(75)39(29-67)64-50(78)35(19-21-41(57)68)61-52(80)40-17-11-25-66(40)53(81)38(27-32-14-7-4-8-15-32)63-51(79)37(26-31-12-5-3-6-13-31)62-48(76)34(16-9-10-24-55)60-49(77)36(20-23-44(72)73)59-46(74)33(56)18-22-43(70)71/h3-8,12-15,30,33-40,45,67H,9-11,16-29,55-56H2,1-2H3,(H2,57,68)(H,58,75)(H,59,74)(H,60,77)(H,61,80)(H,62,76)(H,63,79)(H,64,78)(H,65,69)(H,70,71)(H,72,73)(H,82,83)/t33-,34-,35-,36-,37-,38-,39-,40-,45-/m0/s1. The molecule has 1 heterocycles. The van der Waals surface area contributed by atoms with Crippen LogP contribution in [0.5, 0.6) is 0 Å². The number of hydrogen-bond acceptors (Lipinski definition) is 16. The predicted molar refractivity (Wildman–Crippen MR) is 294 cm³/mol. The molecule has 0 unspecified atom stereocenters. The van der Waals surface area contributed by atoms with Crippen molar-refractivity contribution in [1.29, 1.82) is 0 Å². The molecule has 83 heavy (non-hydrogen) atoms. The number of carbonyl (C=O) groups is 13. The molecular weight excluding hydrogens is 1090 g/mol. The third-order valence-corrected chi connectivity index (χ3v) is 13.3. The molecule has 0 aromatic heterocycles. The lowest BCUT2D eigenvalue weighted by atomic mass is 10.0. The van der Waals surface area contributed by atoms with Gasteiger partial charge in [0, 0.05) is 38.6 Å². The van der Waals surface area contributed by atoms with E-state index in [1.54, 1.807) is 74.5 Å². The average Bonchev–Trinajstić information content (AvgIpc) is 3.94. The van der Waals surface area contributed by atoms with Crippen molar-refractivity contribution in [1.82, 2.24) is 47.4 Å².